The van der Waals surface area contributed by atoms with Gasteiger partial charge in [0.2, 0.25) is 5.82 Å². The zero-order valence-electron chi connectivity index (χ0n) is 21.3. The summed E-state index contributed by atoms with van der Waals surface area (Å²) in [7, 11) is 0. The largest absolute Gasteiger partial charge is 0.573 e. The van der Waals surface area contributed by atoms with Gasteiger partial charge in [0, 0.05) is 30.6 Å². The molecular formula is C25H25F3N6O5. The van der Waals surface area contributed by atoms with E-state index in [1.807, 2.05) is 20.8 Å². The van der Waals surface area contributed by atoms with E-state index in [2.05, 4.69) is 25.0 Å². The molecule has 0 aliphatic carbocycles. The number of alkyl halides is 3. The van der Waals surface area contributed by atoms with Crippen LogP contribution >= 0.6 is 0 Å². The van der Waals surface area contributed by atoms with E-state index < -0.39 is 12.0 Å². The van der Waals surface area contributed by atoms with E-state index in [0.29, 0.717) is 48.4 Å². The van der Waals surface area contributed by atoms with Gasteiger partial charge < -0.3 is 23.9 Å². The first-order valence-corrected chi connectivity index (χ1v) is 12.2. The van der Waals surface area contributed by atoms with Crippen molar-refractivity contribution in [3.8, 4) is 28.6 Å². The lowest BCUT2D eigenvalue weighted by Gasteiger charge is -2.33. The minimum atomic E-state index is -4.80. The lowest BCUT2D eigenvalue weighted by molar-refractivity contribution is -0.274. The predicted molar refractivity (Wildman–Crippen MR) is 131 cm³/mol. The molecule has 39 heavy (non-hydrogen) atoms. The number of hydrogen-bond donors (Lipinski definition) is 1. The van der Waals surface area contributed by atoms with E-state index in [1.54, 1.807) is 9.42 Å². The second-order valence-corrected chi connectivity index (χ2v) is 10.1. The van der Waals surface area contributed by atoms with Gasteiger partial charge in [-0.25, -0.2) is 9.31 Å². The smallest absolute Gasteiger partial charge is 0.444 e. The highest BCUT2D eigenvalue weighted by Gasteiger charge is 2.31. The highest BCUT2D eigenvalue weighted by molar-refractivity contribution is 5.72. The Morgan fingerprint density at radius 1 is 1.13 bits per heavy atom. The topological polar surface area (TPSA) is 128 Å². The van der Waals surface area contributed by atoms with Gasteiger partial charge >= 0.3 is 12.5 Å². The fourth-order valence-electron chi connectivity index (χ4n) is 4.40. The van der Waals surface area contributed by atoms with Crippen molar-refractivity contribution in [1.82, 2.24) is 29.6 Å². The summed E-state index contributed by atoms with van der Waals surface area (Å²) >= 11 is 0. The average Bonchev–Trinajstić information content (AvgIpc) is 3.49. The van der Waals surface area contributed by atoms with Gasteiger partial charge in [-0.05, 0) is 57.9 Å². The van der Waals surface area contributed by atoms with Crippen LogP contribution in [0.1, 0.15) is 45.2 Å². The molecule has 0 atom stereocenters. The van der Waals surface area contributed by atoms with Gasteiger partial charge in [-0.1, -0.05) is 5.16 Å². The van der Waals surface area contributed by atoms with Crippen LogP contribution < -0.4 is 10.3 Å². The lowest BCUT2D eigenvalue weighted by Crippen LogP contribution is -2.41. The molecule has 11 nitrogen and oxygen atoms in total. The van der Waals surface area contributed by atoms with Gasteiger partial charge in [-0.15, -0.1) is 13.2 Å². The van der Waals surface area contributed by atoms with Crippen LogP contribution in [-0.2, 0) is 4.74 Å². The number of ether oxygens (including phenoxy) is 2. The molecule has 1 amide bonds. The number of nitrogens with one attached hydrogen (secondary N) is 1. The molecular weight excluding hydrogens is 521 g/mol. The SMILES string of the molecule is CC(C)(C)OC(=O)N1CCC(c2cc(=O)[nH]c3c(-c4nc(-c5ccc(OC(F)(F)F)cc5)no4)cnn23)CC1. The van der Waals surface area contributed by atoms with E-state index in [0.717, 1.165) is 12.1 Å². The Balaban J connectivity index is 1.36. The maximum Gasteiger partial charge on any atom is 0.573 e. The van der Waals surface area contributed by atoms with E-state index in [-0.39, 0.29) is 35.0 Å². The van der Waals surface area contributed by atoms with Crippen molar-refractivity contribution in [2.24, 2.45) is 0 Å². The Kier molecular flexibility index (Phi) is 6.56. The highest BCUT2D eigenvalue weighted by Crippen LogP contribution is 2.31. The zero-order valence-corrected chi connectivity index (χ0v) is 21.3. The summed E-state index contributed by atoms with van der Waals surface area (Å²) in [6.07, 6.45) is -2.44. The number of aromatic nitrogens is 5. The summed E-state index contributed by atoms with van der Waals surface area (Å²) < 4.78 is 53.6. The number of rotatable bonds is 4. The summed E-state index contributed by atoms with van der Waals surface area (Å²) in [5.74, 6) is -0.198. The third kappa shape index (κ3) is 5.89. The number of H-pyrrole nitrogens is 1. The zero-order chi connectivity index (χ0) is 27.9. The maximum atomic E-state index is 12.6. The fraction of sp³-hybridized carbons (Fsp3) is 0.400. The molecule has 4 aromatic rings. The second kappa shape index (κ2) is 9.75. The first-order valence-electron chi connectivity index (χ1n) is 12.2. The normalized spacial score (nSPS) is 15.1. The first-order chi connectivity index (χ1) is 18.4. The second-order valence-electron chi connectivity index (χ2n) is 10.1. The quantitative estimate of drug-likeness (QED) is 0.388. The molecule has 0 unspecified atom stereocenters. The summed E-state index contributed by atoms with van der Waals surface area (Å²) in [6, 6.07) is 6.52. The molecule has 1 fully saturated rings. The predicted octanol–water partition coefficient (Wildman–Crippen LogP) is 4.75. The number of piperidine rings is 1. The van der Waals surface area contributed by atoms with Crippen LogP contribution in [0.4, 0.5) is 18.0 Å². The van der Waals surface area contributed by atoms with Crippen molar-refractivity contribution >= 4 is 11.7 Å². The van der Waals surface area contributed by atoms with Crippen molar-refractivity contribution in [2.45, 2.75) is 51.5 Å². The number of benzene rings is 1. The van der Waals surface area contributed by atoms with Crippen molar-refractivity contribution in [3.63, 3.8) is 0 Å². The van der Waals surface area contributed by atoms with Gasteiger partial charge in [0.1, 0.15) is 22.6 Å². The number of likely N-dealkylation sites (tertiary alicyclic amines) is 1. The van der Waals surface area contributed by atoms with E-state index in [1.165, 1.54) is 24.4 Å². The number of nitrogens with zero attached hydrogens (tertiary/aromatic N) is 5. The van der Waals surface area contributed by atoms with Gasteiger partial charge in [0.05, 0.1) is 11.9 Å². The van der Waals surface area contributed by atoms with Crippen molar-refractivity contribution in [3.05, 3.63) is 52.6 Å². The minimum Gasteiger partial charge on any atom is -0.444 e. The molecule has 0 radical (unpaired) electrons. The third-order valence-corrected chi connectivity index (χ3v) is 6.10. The van der Waals surface area contributed by atoms with Gasteiger partial charge in [0.15, 0.2) is 0 Å². The first kappa shape index (κ1) is 26.3. The van der Waals surface area contributed by atoms with Gasteiger partial charge in [-0.3, -0.25) is 4.79 Å². The minimum absolute atomic E-state index is 0.0306. The molecule has 1 aliphatic rings. The number of fused-ring (bicyclic) bond motifs is 1. The van der Waals surface area contributed by atoms with Crippen LogP contribution in [-0.4, -0.2) is 60.8 Å². The van der Waals surface area contributed by atoms with E-state index in [4.69, 9.17) is 9.26 Å². The number of hydrogen-bond acceptors (Lipinski definition) is 8. The van der Waals surface area contributed by atoms with Crippen LogP contribution in [0.3, 0.4) is 0 Å². The molecule has 1 N–H and O–H groups in total. The van der Waals surface area contributed by atoms with Crippen LogP contribution in [0.2, 0.25) is 0 Å². The summed E-state index contributed by atoms with van der Waals surface area (Å²) in [5, 5.41) is 8.34. The van der Waals surface area contributed by atoms with Gasteiger partial charge in [-0.2, -0.15) is 10.1 Å². The molecule has 5 rings (SSSR count). The van der Waals surface area contributed by atoms with Crippen molar-refractivity contribution in [2.75, 3.05) is 13.1 Å². The molecule has 0 saturated carbocycles. The number of carbonyl (C=O) groups is 1. The number of halogens is 3. The van der Waals surface area contributed by atoms with Crippen LogP contribution in [0.25, 0.3) is 28.5 Å². The van der Waals surface area contributed by atoms with E-state index in [9.17, 15) is 22.8 Å². The van der Waals surface area contributed by atoms with E-state index >= 15 is 0 Å². The lowest BCUT2D eigenvalue weighted by atomic mass is 9.93. The Bertz CT molecular complexity index is 1540. The number of aromatic amines is 1. The third-order valence-electron chi connectivity index (χ3n) is 6.10. The van der Waals surface area contributed by atoms with Crippen LogP contribution in [0, 0.1) is 0 Å². The molecule has 1 aromatic carbocycles. The molecule has 1 saturated heterocycles. The molecule has 0 spiro atoms. The molecule has 206 valence electrons. The Morgan fingerprint density at radius 2 is 1.82 bits per heavy atom. The molecule has 1 aliphatic heterocycles. The van der Waals surface area contributed by atoms with Gasteiger partial charge in [0.25, 0.3) is 11.4 Å². The summed E-state index contributed by atoms with van der Waals surface area (Å²) in [4.78, 5) is 33.7. The average molecular weight is 547 g/mol. The Morgan fingerprint density at radius 3 is 2.46 bits per heavy atom. The molecule has 0 bridgehead atoms. The summed E-state index contributed by atoms with van der Waals surface area (Å²) in [6.45, 7) is 6.39. The molecule has 3 aromatic heterocycles. The maximum absolute atomic E-state index is 12.6. The number of amides is 1. The summed E-state index contributed by atoms with van der Waals surface area (Å²) in [5.41, 5.74) is 0.907. The molecule has 14 heteroatoms. The Hall–Kier alpha value is -4.36. The molecule has 4 heterocycles. The van der Waals surface area contributed by atoms with Crippen molar-refractivity contribution in [1.29, 1.82) is 0 Å². The van der Waals surface area contributed by atoms with Crippen molar-refractivity contribution < 1.29 is 32.0 Å². The standard InChI is InChI=1S/C25H25F3N6O5/c1-24(2,3)38-23(36)33-10-8-14(9-11-33)18-12-19(35)30-21-17(13-29-34(18)21)22-31-20(32-39-22)15-4-6-16(7-5-15)37-25(26,27)28/h4-7,12-14H,8-11H2,1-3H3,(H,30,35). The fourth-order valence-corrected chi connectivity index (χ4v) is 4.40. The van der Waals surface area contributed by atoms with Crippen LogP contribution in [0.5, 0.6) is 5.75 Å². The highest BCUT2D eigenvalue weighted by atomic mass is 19.4. The van der Waals surface area contributed by atoms with Crippen LogP contribution in [0.15, 0.2) is 45.8 Å². The number of carbonyl (C=O) groups excluding carboxylic acids is 1. The monoisotopic (exact) mass is 546 g/mol. The Labute approximate surface area is 219 Å².